The van der Waals surface area contributed by atoms with Crippen molar-refractivity contribution in [3.63, 3.8) is 0 Å². The van der Waals surface area contributed by atoms with E-state index in [2.05, 4.69) is 5.32 Å². The molecule has 0 bridgehead atoms. The molecule has 1 N–H and O–H groups in total. The molecule has 0 spiro atoms. The van der Waals surface area contributed by atoms with Crippen LogP contribution in [-0.4, -0.2) is 12.8 Å². The van der Waals surface area contributed by atoms with Crippen molar-refractivity contribution in [3.8, 4) is 0 Å². The largest absolute Gasteiger partial charge is 0.384 e. The van der Waals surface area contributed by atoms with E-state index in [4.69, 9.17) is 11.6 Å². The van der Waals surface area contributed by atoms with Crippen molar-refractivity contribution in [2.45, 2.75) is 18.8 Å². The van der Waals surface area contributed by atoms with Gasteiger partial charge in [0, 0.05) is 6.54 Å². The number of halogens is 1. The maximum atomic E-state index is 11.1. The van der Waals surface area contributed by atoms with Gasteiger partial charge in [-0.25, -0.2) is 0 Å². The average molecular weight is 210 g/mol. The van der Waals surface area contributed by atoms with Gasteiger partial charge in [0.25, 0.3) is 0 Å². The maximum Gasteiger partial charge on any atom is 0.130 e. The molecule has 0 saturated heterocycles. The third-order valence-corrected chi connectivity index (χ3v) is 3.15. The van der Waals surface area contributed by atoms with Crippen LogP contribution in [0.2, 0.25) is 5.02 Å². The molecule has 0 saturated carbocycles. The standard InChI is InChI=1S/C11H12ClNO/c1-11(7-14)5-6-13-10-8(11)3-2-4-9(10)12/h2-4,7,13H,5-6H2,1H3. The lowest BCUT2D eigenvalue weighted by Crippen LogP contribution is -2.32. The summed E-state index contributed by atoms with van der Waals surface area (Å²) in [6, 6.07) is 5.68. The summed E-state index contributed by atoms with van der Waals surface area (Å²) in [5, 5.41) is 3.92. The highest BCUT2D eigenvalue weighted by molar-refractivity contribution is 6.33. The second kappa shape index (κ2) is 3.28. The molecule has 1 unspecified atom stereocenters. The van der Waals surface area contributed by atoms with Gasteiger partial charge in [-0.1, -0.05) is 23.7 Å². The molecule has 1 atom stereocenters. The topological polar surface area (TPSA) is 29.1 Å². The molecule has 1 aromatic carbocycles. The van der Waals surface area contributed by atoms with Crippen LogP contribution in [0.1, 0.15) is 18.9 Å². The van der Waals surface area contributed by atoms with Gasteiger partial charge in [-0.05, 0) is 25.0 Å². The van der Waals surface area contributed by atoms with Crippen LogP contribution in [0, 0.1) is 0 Å². The van der Waals surface area contributed by atoms with Crippen LogP contribution in [0.15, 0.2) is 18.2 Å². The fourth-order valence-corrected chi connectivity index (χ4v) is 2.13. The predicted octanol–water partition coefficient (Wildman–Crippen LogP) is 2.61. The number of anilines is 1. The van der Waals surface area contributed by atoms with Crippen molar-refractivity contribution in [2.24, 2.45) is 0 Å². The lowest BCUT2D eigenvalue weighted by Gasteiger charge is -2.32. The van der Waals surface area contributed by atoms with Crippen molar-refractivity contribution in [1.82, 2.24) is 0 Å². The highest BCUT2D eigenvalue weighted by atomic mass is 35.5. The molecule has 1 aliphatic rings. The molecule has 0 aliphatic carbocycles. The van der Waals surface area contributed by atoms with Crippen LogP contribution in [0.5, 0.6) is 0 Å². The minimum Gasteiger partial charge on any atom is -0.384 e. The van der Waals surface area contributed by atoms with Gasteiger partial charge < -0.3 is 10.1 Å². The summed E-state index contributed by atoms with van der Waals surface area (Å²) in [5.74, 6) is 0. The quantitative estimate of drug-likeness (QED) is 0.721. The summed E-state index contributed by atoms with van der Waals surface area (Å²) in [6.07, 6.45) is 1.84. The first-order valence-electron chi connectivity index (χ1n) is 4.66. The van der Waals surface area contributed by atoms with Crippen molar-refractivity contribution in [1.29, 1.82) is 0 Å². The van der Waals surface area contributed by atoms with E-state index in [0.29, 0.717) is 5.02 Å². The number of nitrogens with one attached hydrogen (secondary N) is 1. The first-order valence-corrected chi connectivity index (χ1v) is 5.04. The summed E-state index contributed by atoms with van der Waals surface area (Å²) in [6.45, 7) is 2.75. The highest BCUT2D eigenvalue weighted by Gasteiger charge is 2.32. The van der Waals surface area contributed by atoms with Gasteiger partial charge in [0.15, 0.2) is 0 Å². The van der Waals surface area contributed by atoms with Gasteiger partial charge in [0.2, 0.25) is 0 Å². The molecule has 2 nitrogen and oxygen atoms in total. The number of carbonyl (C=O) groups excluding carboxylic acids is 1. The third-order valence-electron chi connectivity index (χ3n) is 2.84. The number of hydrogen-bond acceptors (Lipinski definition) is 2. The molecule has 0 aromatic heterocycles. The molecule has 3 heteroatoms. The van der Waals surface area contributed by atoms with Crippen LogP contribution in [0.3, 0.4) is 0 Å². The summed E-state index contributed by atoms with van der Waals surface area (Å²) in [5.41, 5.74) is 1.53. The Morgan fingerprint density at radius 3 is 3.07 bits per heavy atom. The van der Waals surface area contributed by atoms with E-state index >= 15 is 0 Å². The zero-order valence-electron chi connectivity index (χ0n) is 8.01. The predicted molar refractivity (Wildman–Crippen MR) is 58.0 cm³/mol. The van der Waals surface area contributed by atoms with E-state index in [1.165, 1.54) is 0 Å². The fourth-order valence-electron chi connectivity index (χ4n) is 1.88. The van der Waals surface area contributed by atoms with Crippen LogP contribution in [0.25, 0.3) is 0 Å². The number of benzene rings is 1. The average Bonchev–Trinajstić information content (AvgIpc) is 2.20. The Bertz CT molecular complexity index is 378. The van der Waals surface area contributed by atoms with Gasteiger partial charge in [-0.15, -0.1) is 0 Å². The van der Waals surface area contributed by atoms with E-state index in [9.17, 15) is 4.79 Å². The van der Waals surface area contributed by atoms with E-state index in [-0.39, 0.29) is 5.41 Å². The van der Waals surface area contributed by atoms with Crippen molar-refractivity contribution in [2.75, 3.05) is 11.9 Å². The highest BCUT2D eigenvalue weighted by Crippen LogP contribution is 2.39. The Kier molecular flexibility index (Phi) is 2.23. The lowest BCUT2D eigenvalue weighted by molar-refractivity contribution is -0.112. The fraction of sp³-hybridized carbons (Fsp3) is 0.364. The normalized spacial score (nSPS) is 25.0. The second-order valence-electron chi connectivity index (χ2n) is 3.87. The minimum atomic E-state index is -0.383. The maximum absolute atomic E-state index is 11.1. The molecule has 1 aliphatic heterocycles. The smallest absolute Gasteiger partial charge is 0.130 e. The molecular formula is C11H12ClNO. The summed E-state index contributed by atoms with van der Waals surface area (Å²) < 4.78 is 0. The first-order chi connectivity index (χ1) is 6.67. The number of fused-ring (bicyclic) bond motifs is 1. The first kappa shape index (κ1) is 9.53. The van der Waals surface area contributed by atoms with Gasteiger partial charge in [0.05, 0.1) is 16.1 Å². The Morgan fingerprint density at radius 2 is 2.36 bits per heavy atom. The molecule has 2 rings (SSSR count). The Hall–Kier alpha value is -1.02. The Balaban J connectivity index is 2.60. The van der Waals surface area contributed by atoms with E-state index in [1.54, 1.807) is 0 Å². The van der Waals surface area contributed by atoms with Crippen LogP contribution >= 0.6 is 11.6 Å². The SMILES string of the molecule is CC1(C=O)CCNc2c(Cl)cccc21. The second-order valence-corrected chi connectivity index (χ2v) is 4.28. The van der Waals surface area contributed by atoms with Crippen molar-refractivity contribution in [3.05, 3.63) is 28.8 Å². The van der Waals surface area contributed by atoms with Gasteiger partial charge >= 0.3 is 0 Å². The lowest BCUT2D eigenvalue weighted by atomic mass is 9.78. The number of para-hydroxylation sites is 1. The van der Waals surface area contributed by atoms with E-state index < -0.39 is 0 Å². The Morgan fingerprint density at radius 1 is 1.57 bits per heavy atom. The summed E-state index contributed by atoms with van der Waals surface area (Å²) >= 11 is 6.05. The number of rotatable bonds is 1. The molecule has 1 aromatic rings. The van der Waals surface area contributed by atoms with Gasteiger partial charge in [-0.2, -0.15) is 0 Å². The molecule has 74 valence electrons. The molecule has 1 heterocycles. The zero-order valence-corrected chi connectivity index (χ0v) is 8.77. The molecule has 0 fully saturated rings. The van der Waals surface area contributed by atoms with Crippen LogP contribution < -0.4 is 5.32 Å². The summed E-state index contributed by atoms with van der Waals surface area (Å²) in [4.78, 5) is 11.1. The van der Waals surface area contributed by atoms with Gasteiger partial charge in [0.1, 0.15) is 6.29 Å². The third kappa shape index (κ3) is 1.30. The minimum absolute atomic E-state index is 0.383. The van der Waals surface area contributed by atoms with E-state index in [1.807, 2.05) is 25.1 Å². The zero-order chi connectivity index (χ0) is 10.2. The molecular weight excluding hydrogens is 198 g/mol. The van der Waals surface area contributed by atoms with Crippen LogP contribution in [-0.2, 0) is 10.2 Å². The molecule has 14 heavy (non-hydrogen) atoms. The molecule has 0 radical (unpaired) electrons. The monoisotopic (exact) mass is 209 g/mol. The van der Waals surface area contributed by atoms with Gasteiger partial charge in [-0.3, -0.25) is 0 Å². The number of aldehydes is 1. The Labute approximate surface area is 88.3 Å². The van der Waals surface area contributed by atoms with E-state index in [0.717, 1.165) is 30.5 Å². The van der Waals surface area contributed by atoms with Crippen molar-refractivity contribution >= 4 is 23.6 Å². The number of hydrogen-bond donors (Lipinski definition) is 1. The number of carbonyl (C=O) groups is 1. The van der Waals surface area contributed by atoms with Crippen LogP contribution in [0.4, 0.5) is 5.69 Å². The summed E-state index contributed by atoms with van der Waals surface area (Å²) in [7, 11) is 0. The van der Waals surface area contributed by atoms with Crippen molar-refractivity contribution < 1.29 is 4.79 Å². The molecule has 0 amide bonds.